The molecule has 0 saturated heterocycles. The maximum absolute atomic E-state index is 12.6. The number of ether oxygens (including phenoxy) is 1. The van der Waals surface area contributed by atoms with Crippen molar-refractivity contribution in [2.45, 2.75) is 26.8 Å². The molecule has 7 heteroatoms. The Hall–Kier alpha value is -2.44. The first kappa shape index (κ1) is 19.3. The first-order valence-electron chi connectivity index (χ1n) is 8.37. The number of nitrogens with zero attached hydrogens (tertiary/aromatic N) is 2. The highest BCUT2D eigenvalue weighted by Crippen LogP contribution is 2.22. The number of carbonyl (C=O) groups excluding carboxylic acids is 2. The summed E-state index contributed by atoms with van der Waals surface area (Å²) >= 11 is 7.39. The molecule has 5 nitrogen and oxygen atoms in total. The summed E-state index contributed by atoms with van der Waals surface area (Å²) in [6.07, 6.45) is 0.209. The van der Waals surface area contributed by atoms with Gasteiger partial charge in [0.15, 0.2) is 4.80 Å². The van der Waals surface area contributed by atoms with Crippen molar-refractivity contribution in [1.29, 1.82) is 0 Å². The van der Waals surface area contributed by atoms with Crippen molar-refractivity contribution in [1.82, 2.24) is 4.57 Å². The highest BCUT2D eigenvalue weighted by Gasteiger charge is 2.13. The SMILES string of the molecule is COC(=O)Cn1c(=NC(=O)Cc2cc(C)ccc2C)sc2cc(Cl)ccc21. The van der Waals surface area contributed by atoms with Crippen LogP contribution >= 0.6 is 22.9 Å². The van der Waals surface area contributed by atoms with Gasteiger partial charge in [-0.05, 0) is 43.2 Å². The highest BCUT2D eigenvalue weighted by molar-refractivity contribution is 7.16. The van der Waals surface area contributed by atoms with E-state index in [0.717, 1.165) is 26.9 Å². The summed E-state index contributed by atoms with van der Waals surface area (Å²) in [6, 6.07) is 11.4. The van der Waals surface area contributed by atoms with Crippen molar-refractivity contribution in [3.63, 3.8) is 0 Å². The number of hydrogen-bond acceptors (Lipinski definition) is 4. The molecule has 0 aliphatic carbocycles. The number of aryl methyl sites for hydroxylation is 2. The number of esters is 1. The third-order valence-corrected chi connectivity index (χ3v) is 5.50. The zero-order valence-electron chi connectivity index (χ0n) is 15.3. The van der Waals surface area contributed by atoms with Crippen molar-refractivity contribution in [3.05, 3.63) is 62.9 Å². The molecule has 0 aliphatic rings. The molecule has 0 saturated carbocycles. The largest absolute Gasteiger partial charge is 0.468 e. The lowest BCUT2D eigenvalue weighted by atomic mass is 10.0. The Labute approximate surface area is 165 Å². The lowest BCUT2D eigenvalue weighted by Gasteiger charge is -2.05. The smallest absolute Gasteiger partial charge is 0.325 e. The molecule has 0 radical (unpaired) electrons. The van der Waals surface area contributed by atoms with Crippen LogP contribution in [0.2, 0.25) is 5.02 Å². The summed E-state index contributed by atoms with van der Waals surface area (Å²) in [5.41, 5.74) is 3.89. The van der Waals surface area contributed by atoms with Crippen LogP contribution in [0.5, 0.6) is 0 Å². The molecule has 27 heavy (non-hydrogen) atoms. The van der Waals surface area contributed by atoms with Gasteiger partial charge in [-0.1, -0.05) is 46.7 Å². The number of aromatic nitrogens is 1. The number of rotatable bonds is 4. The molecule has 1 amide bonds. The van der Waals surface area contributed by atoms with Crippen LogP contribution in [0.3, 0.4) is 0 Å². The molecule has 1 aromatic heterocycles. The first-order chi connectivity index (χ1) is 12.9. The second kappa shape index (κ2) is 8.06. The van der Waals surface area contributed by atoms with Gasteiger partial charge in [0.25, 0.3) is 5.91 Å². The average molecular weight is 403 g/mol. The van der Waals surface area contributed by atoms with Gasteiger partial charge in [-0.15, -0.1) is 0 Å². The molecule has 2 aromatic carbocycles. The number of amides is 1. The lowest BCUT2D eigenvalue weighted by Crippen LogP contribution is -2.22. The molecule has 0 fully saturated rings. The molecule has 0 spiro atoms. The fourth-order valence-corrected chi connectivity index (χ4v) is 4.10. The summed E-state index contributed by atoms with van der Waals surface area (Å²) in [5, 5.41) is 0.585. The zero-order valence-corrected chi connectivity index (χ0v) is 16.9. The first-order valence-corrected chi connectivity index (χ1v) is 9.56. The average Bonchev–Trinajstić information content (AvgIpc) is 2.94. The highest BCUT2D eigenvalue weighted by atomic mass is 35.5. The van der Waals surface area contributed by atoms with Crippen LogP contribution in [-0.2, 0) is 27.3 Å². The second-order valence-electron chi connectivity index (χ2n) is 6.27. The van der Waals surface area contributed by atoms with Crippen LogP contribution in [0.25, 0.3) is 10.2 Å². The van der Waals surface area contributed by atoms with Crippen LogP contribution in [-0.4, -0.2) is 23.6 Å². The van der Waals surface area contributed by atoms with E-state index in [1.165, 1.54) is 18.4 Å². The molecule has 0 atom stereocenters. The predicted octanol–water partition coefficient (Wildman–Crippen LogP) is 3.82. The number of methoxy groups -OCH3 is 1. The minimum absolute atomic E-state index is 0.0201. The number of thiazole rings is 1. The Balaban J connectivity index is 2.03. The zero-order chi connectivity index (χ0) is 19.6. The maximum atomic E-state index is 12.6. The predicted molar refractivity (Wildman–Crippen MR) is 107 cm³/mol. The quantitative estimate of drug-likeness (QED) is 0.623. The van der Waals surface area contributed by atoms with Crippen LogP contribution in [0.1, 0.15) is 16.7 Å². The van der Waals surface area contributed by atoms with Gasteiger partial charge in [-0.3, -0.25) is 9.59 Å². The minimum atomic E-state index is -0.409. The van der Waals surface area contributed by atoms with E-state index in [-0.39, 0.29) is 18.9 Å². The molecular formula is C20H19ClN2O3S. The van der Waals surface area contributed by atoms with E-state index in [1.54, 1.807) is 16.7 Å². The topological polar surface area (TPSA) is 60.7 Å². The van der Waals surface area contributed by atoms with Crippen LogP contribution in [0, 0.1) is 13.8 Å². The van der Waals surface area contributed by atoms with E-state index < -0.39 is 5.97 Å². The molecule has 0 bridgehead atoms. The fraction of sp³-hybridized carbons (Fsp3) is 0.250. The van der Waals surface area contributed by atoms with Crippen molar-refractivity contribution in [2.75, 3.05) is 7.11 Å². The normalized spacial score (nSPS) is 11.8. The Morgan fingerprint density at radius 3 is 2.70 bits per heavy atom. The molecule has 3 aromatic rings. The molecule has 140 valence electrons. The van der Waals surface area contributed by atoms with E-state index in [4.69, 9.17) is 16.3 Å². The summed E-state index contributed by atoms with van der Waals surface area (Å²) in [4.78, 5) is 29.1. The van der Waals surface area contributed by atoms with Gasteiger partial charge in [-0.25, -0.2) is 0 Å². The standard InChI is InChI=1S/C20H19ClN2O3S/c1-12-4-5-13(2)14(8-12)9-18(24)22-20-23(11-19(25)26-3)16-7-6-15(21)10-17(16)27-20/h4-8,10H,9,11H2,1-3H3. The third kappa shape index (κ3) is 4.46. The van der Waals surface area contributed by atoms with Gasteiger partial charge in [0.2, 0.25) is 0 Å². The van der Waals surface area contributed by atoms with E-state index in [2.05, 4.69) is 4.99 Å². The molecule has 0 N–H and O–H groups in total. The van der Waals surface area contributed by atoms with Crippen LogP contribution < -0.4 is 4.80 Å². The monoisotopic (exact) mass is 402 g/mol. The van der Waals surface area contributed by atoms with Crippen molar-refractivity contribution < 1.29 is 14.3 Å². The lowest BCUT2D eigenvalue weighted by molar-refractivity contribution is -0.141. The van der Waals surface area contributed by atoms with Gasteiger partial charge in [0, 0.05) is 5.02 Å². The third-order valence-electron chi connectivity index (χ3n) is 4.23. The fourth-order valence-electron chi connectivity index (χ4n) is 2.78. The Kier molecular flexibility index (Phi) is 5.77. The molecule has 0 unspecified atom stereocenters. The van der Waals surface area contributed by atoms with Crippen molar-refractivity contribution in [2.24, 2.45) is 4.99 Å². The van der Waals surface area contributed by atoms with Gasteiger partial charge in [0.05, 0.1) is 23.7 Å². The number of halogens is 1. The van der Waals surface area contributed by atoms with Gasteiger partial charge in [-0.2, -0.15) is 4.99 Å². The van der Waals surface area contributed by atoms with Gasteiger partial charge in [0.1, 0.15) is 6.54 Å². The Bertz CT molecular complexity index is 1100. The number of fused-ring (bicyclic) bond motifs is 1. The van der Waals surface area contributed by atoms with E-state index in [0.29, 0.717) is 9.82 Å². The van der Waals surface area contributed by atoms with Crippen molar-refractivity contribution in [3.8, 4) is 0 Å². The summed E-state index contributed by atoms with van der Waals surface area (Å²) in [5.74, 6) is -0.673. The van der Waals surface area contributed by atoms with Gasteiger partial charge < -0.3 is 9.30 Å². The number of hydrogen-bond donors (Lipinski definition) is 0. The summed E-state index contributed by atoms with van der Waals surface area (Å²) < 4.78 is 7.31. The van der Waals surface area contributed by atoms with Crippen molar-refractivity contribution >= 4 is 45.0 Å². The molecule has 3 rings (SSSR count). The molecule has 1 heterocycles. The number of benzene rings is 2. The van der Waals surface area contributed by atoms with E-state index in [1.807, 2.05) is 38.1 Å². The maximum Gasteiger partial charge on any atom is 0.325 e. The number of carbonyl (C=O) groups is 2. The van der Waals surface area contributed by atoms with E-state index in [9.17, 15) is 9.59 Å². The Morgan fingerprint density at radius 1 is 1.19 bits per heavy atom. The van der Waals surface area contributed by atoms with Gasteiger partial charge >= 0.3 is 5.97 Å². The van der Waals surface area contributed by atoms with Crippen LogP contribution in [0.15, 0.2) is 41.4 Å². The molecule has 0 aliphatic heterocycles. The summed E-state index contributed by atoms with van der Waals surface area (Å²) in [6.45, 7) is 3.94. The molecular weight excluding hydrogens is 384 g/mol. The van der Waals surface area contributed by atoms with Crippen LogP contribution in [0.4, 0.5) is 0 Å². The second-order valence-corrected chi connectivity index (χ2v) is 7.72. The minimum Gasteiger partial charge on any atom is -0.468 e. The summed E-state index contributed by atoms with van der Waals surface area (Å²) in [7, 11) is 1.33. The van der Waals surface area contributed by atoms with E-state index >= 15 is 0 Å². The Morgan fingerprint density at radius 2 is 1.96 bits per heavy atom.